The number of ether oxygens (including phenoxy) is 1. The van der Waals surface area contributed by atoms with E-state index in [2.05, 4.69) is 21.0 Å². The Hall–Kier alpha value is -1.82. The first-order chi connectivity index (χ1) is 9.08. The van der Waals surface area contributed by atoms with Gasteiger partial charge in [0.1, 0.15) is 0 Å². The molecule has 0 aliphatic rings. The summed E-state index contributed by atoms with van der Waals surface area (Å²) in [4.78, 5) is 12.6. The minimum absolute atomic E-state index is 0.171. The van der Waals surface area contributed by atoms with Crippen LogP contribution in [0, 0.1) is 0 Å². The largest absolute Gasteiger partial charge is 0.493 e. The molecule has 0 radical (unpaired) electrons. The van der Waals surface area contributed by atoms with Crippen LogP contribution in [0.1, 0.15) is 23.0 Å². The van der Waals surface area contributed by atoms with E-state index >= 15 is 0 Å². The van der Waals surface area contributed by atoms with Crippen LogP contribution in [0.25, 0.3) is 0 Å². The van der Waals surface area contributed by atoms with Gasteiger partial charge in [0.25, 0.3) is 0 Å². The van der Waals surface area contributed by atoms with Crippen LogP contribution in [0.5, 0.6) is 5.75 Å². The minimum atomic E-state index is -0.171. The second kappa shape index (κ2) is 5.44. The number of aryl methyl sites for hydroxylation is 1. The van der Waals surface area contributed by atoms with Crippen LogP contribution in [0.4, 0.5) is 5.69 Å². The van der Waals surface area contributed by atoms with E-state index in [1.807, 2.05) is 6.92 Å². The highest BCUT2D eigenvalue weighted by molar-refractivity contribution is 9.10. The van der Waals surface area contributed by atoms with Crippen LogP contribution in [0.15, 0.2) is 28.9 Å². The van der Waals surface area contributed by atoms with Gasteiger partial charge in [0.2, 0.25) is 5.78 Å². The molecule has 0 saturated heterocycles. The molecule has 19 heavy (non-hydrogen) atoms. The molecule has 0 spiro atoms. The Labute approximate surface area is 119 Å². The number of halogens is 1. The van der Waals surface area contributed by atoms with Gasteiger partial charge in [-0.25, -0.2) is 0 Å². The quantitative estimate of drug-likeness (QED) is 0.693. The van der Waals surface area contributed by atoms with Crippen LogP contribution >= 0.6 is 15.9 Å². The van der Waals surface area contributed by atoms with E-state index in [1.165, 1.54) is 13.3 Å². The predicted octanol–water partition coefficient (Wildman–Crippen LogP) is 2.49. The van der Waals surface area contributed by atoms with Crippen molar-refractivity contribution < 1.29 is 9.53 Å². The lowest BCUT2D eigenvalue weighted by molar-refractivity contribution is 0.102. The van der Waals surface area contributed by atoms with Gasteiger partial charge in [0, 0.05) is 22.3 Å². The van der Waals surface area contributed by atoms with Gasteiger partial charge >= 0.3 is 0 Å². The molecule has 100 valence electrons. The molecule has 0 fully saturated rings. The van der Waals surface area contributed by atoms with Gasteiger partial charge in [0.15, 0.2) is 11.4 Å². The van der Waals surface area contributed by atoms with Crippen molar-refractivity contribution in [2.24, 2.45) is 0 Å². The van der Waals surface area contributed by atoms with Crippen LogP contribution < -0.4 is 10.5 Å². The second-order valence-corrected chi connectivity index (χ2v) is 4.80. The standard InChI is InChI=1S/C13H14BrN3O2/c1-3-17-12(11(19-2)7-16-17)13(18)9-6-8(15)4-5-10(9)14/h4-7H,3,15H2,1-2H3. The Balaban J connectivity index is 2.55. The highest BCUT2D eigenvalue weighted by atomic mass is 79.9. The number of hydrogen-bond donors (Lipinski definition) is 1. The number of nitrogens with zero attached hydrogens (tertiary/aromatic N) is 2. The minimum Gasteiger partial charge on any atom is -0.493 e. The molecule has 1 heterocycles. The summed E-state index contributed by atoms with van der Waals surface area (Å²) in [5, 5.41) is 4.13. The van der Waals surface area contributed by atoms with E-state index in [-0.39, 0.29) is 5.78 Å². The van der Waals surface area contributed by atoms with E-state index < -0.39 is 0 Å². The lowest BCUT2D eigenvalue weighted by Gasteiger charge is -2.08. The third-order valence-corrected chi connectivity index (χ3v) is 3.47. The van der Waals surface area contributed by atoms with Gasteiger partial charge in [0.05, 0.1) is 13.3 Å². The van der Waals surface area contributed by atoms with Crippen molar-refractivity contribution in [2.45, 2.75) is 13.5 Å². The summed E-state index contributed by atoms with van der Waals surface area (Å²) in [5.74, 6) is 0.288. The number of nitrogen functional groups attached to an aromatic ring is 1. The van der Waals surface area contributed by atoms with Crippen LogP contribution in [-0.2, 0) is 6.54 Å². The molecule has 0 amide bonds. The number of aromatic nitrogens is 2. The summed E-state index contributed by atoms with van der Waals surface area (Å²) in [7, 11) is 1.52. The summed E-state index contributed by atoms with van der Waals surface area (Å²) in [6.07, 6.45) is 1.54. The Morgan fingerprint density at radius 3 is 2.89 bits per heavy atom. The number of methoxy groups -OCH3 is 1. The first kappa shape index (κ1) is 13.6. The molecule has 0 atom stereocenters. The second-order valence-electron chi connectivity index (χ2n) is 3.95. The summed E-state index contributed by atoms with van der Waals surface area (Å²) in [5.41, 5.74) is 7.19. The Morgan fingerprint density at radius 1 is 1.53 bits per heavy atom. The highest BCUT2D eigenvalue weighted by Gasteiger charge is 2.22. The Kier molecular flexibility index (Phi) is 3.90. The van der Waals surface area contributed by atoms with Crippen LogP contribution in [-0.4, -0.2) is 22.7 Å². The maximum Gasteiger partial charge on any atom is 0.216 e. The molecule has 2 aromatic rings. The molecule has 0 saturated carbocycles. The van der Waals surface area contributed by atoms with E-state index in [4.69, 9.17) is 10.5 Å². The Bertz CT molecular complexity index is 601. The lowest BCUT2D eigenvalue weighted by atomic mass is 10.1. The molecule has 6 heteroatoms. The van der Waals surface area contributed by atoms with E-state index in [0.29, 0.717) is 33.7 Å². The van der Waals surface area contributed by atoms with Crippen molar-refractivity contribution in [2.75, 3.05) is 12.8 Å². The fourth-order valence-electron chi connectivity index (χ4n) is 1.83. The number of hydrogen-bond acceptors (Lipinski definition) is 4. The molecule has 2 N–H and O–H groups in total. The first-order valence-corrected chi connectivity index (χ1v) is 6.57. The van der Waals surface area contributed by atoms with Gasteiger partial charge < -0.3 is 10.5 Å². The Morgan fingerprint density at radius 2 is 2.26 bits per heavy atom. The summed E-state index contributed by atoms with van der Waals surface area (Å²) >= 11 is 3.36. The number of rotatable bonds is 4. The zero-order chi connectivity index (χ0) is 14.0. The predicted molar refractivity (Wildman–Crippen MR) is 76.4 cm³/mol. The molecule has 0 bridgehead atoms. The molecule has 0 aliphatic carbocycles. The number of anilines is 1. The van der Waals surface area contributed by atoms with Crippen molar-refractivity contribution in [1.82, 2.24) is 9.78 Å². The smallest absolute Gasteiger partial charge is 0.216 e. The van der Waals surface area contributed by atoms with Crippen LogP contribution in [0.2, 0.25) is 0 Å². The molecule has 1 aromatic heterocycles. The number of ketones is 1. The van der Waals surface area contributed by atoms with Gasteiger partial charge in [-0.05, 0) is 25.1 Å². The van der Waals surface area contributed by atoms with E-state index in [0.717, 1.165) is 0 Å². The zero-order valence-electron chi connectivity index (χ0n) is 10.7. The molecular weight excluding hydrogens is 310 g/mol. The van der Waals surface area contributed by atoms with Crippen molar-refractivity contribution in [3.8, 4) is 5.75 Å². The molecular formula is C13H14BrN3O2. The zero-order valence-corrected chi connectivity index (χ0v) is 12.3. The van der Waals surface area contributed by atoms with Crippen molar-refractivity contribution in [3.63, 3.8) is 0 Å². The maximum absolute atomic E-state index is 12.6. The average Bonchev–Trinajstić information content (AvgIpc) is 2.83. The topological polar surface area (TPSA) is 70.1 Å². The third-order valence-electron chi connectivity index (χ3n) is 2.78. The van der Waals surface area contributed by atoms with Gasteiger partial charge in [-0.2, -0.15) is 5.10 Å². The monoisotopic (exact) mass is 323 g/mol. The van der Waals surface area contributed by atoms with Crippen molar-refractivity contribution in [1.29, 1.82) is 0 Å². The molecule has 1 aromatic carbocycles. The molecule has 5 nitrogen and oxygen atoms in total. The fraction of sp³-hybridized carbons (Fsp3) is 0.231. The number of nitrogens with two attached hydrogens (primary N) is 1. The molecule has 0 aliphatic heterocycles. The number of benzene rings is 1. The summed E-state index contributed by atoms with van der Waals surface area (Å²) in [6.45, 7) is 2.50. The van der Waals surface area contributed by atoms with Crippen molar-refractivity contribution >= 4 is 27.4 Å². The van der Waals surface area contributed by atoms with E-state index in [1.54, 1.807) is 22.9 Å². The normalized spacial score (nSPS) is 10.5. The van der Waals surface area contributed by atoms with Crippen molar-refractivity contribution in [3.05, 3.63) is 40.1 Å². The SMILES string of the molecule is CCn1ncc(OC)c1C(=O)c1cc(N)ccc1Br. The van der Waals surface area contributed by atoms with Gasteiger partial charge in [-0.1, -0.05) is 15.9 Å². The number of carbonyl (C=O) groups excluding carboxylic acids is 1. The molecule has 0 unspecified atom stereocenters. The van der Waals surface area contributed by atoms with Gasteiger partial charge in [-0.15, -0.1) is 0 Å². The van der Waals surface area contributed by atoms with E-state index in [9.17, 15) is 4.79 Å². The number of carbonyl (C=O) groups is 1. The summed E-state index contributed by atoms with van der Waals surface area (Å²) < 4.78 is 7.49. The fourth-order valence-corrected chi connectivity index (χ4v) is 2.26. The average molecular weight is 324 g/mol. The molecule has 2 rings (SSSR count). The lowest BCUT2D eigenvalue weighted by Crippen LogP contribution is -2.12. The van der Waals surface area contributed by atoms with Crippen LogP contribution in [0.3, 0.4) is 0 Å². The third kappa shape index (κ3) is 2.49. The highest BCUT2D eigenvalue weighted by Crippen LogP contribution is 2.26. The first-order valence-electron chi connectivity index (χ1n) is 5.78. The van der Waals surface area contributed by atoms with Gasteiger partial charge in [-0.3, -0.25) is 9.48 Å². The maximum atomic E-state index is 12.6. The summed E-state index contributed by atoms with van der Waals surface area (Å²) in [6, 6.07) is 5.12.